The highest BCUT2D eigenvalue weighted by atomic mass is 28.3. The average molecular weight is 226 g/mol. The Labute approximate surface area is 98.2 Å². The molecule has 0 bridgehead atoms. The van der Waals surface area contributed by atoms with E-state index in [-0.39, 0.29) is 0 Å². The van der Waals surface area contributed by atoms with Crippen LogP contribution in [0.3, 0.4) is 0 Å². The van der Waals surface area contributed by atoms with E-state index >= 15 is 0 Å². The molecule has 0 aromatic carbocycles. The van der Waals surface area contributed by atoms with Crippen LogP contribution in [0.25, 0.3) is 0 Å². The normalized spacial score (nSPS) is 12.5. The van der Waals surface area contributed by atoms with Crippen molar-refractivity contribution in [2.24, 2.45) is 0 Å². The van der Waals surface area contributed by atoms with Crippen molar-refractivity contribution >= 4 is 8.07 Å². The van der Waals surface area contributed by atoms with Crippen LogP contribution >= 0.6 is 0 Å². The zero-order valence-corrected chi connectivity index (χ0v) is 12.3. The summed E-state index contributed by atoms with van der Waals surface area (Å²) in [7, 11) is -0.873. The summed E-state index contributed by atoms with van der Waals surface area (Å²) >= 11 is 0. The summed E-state index contributed by atoms with van der Waals surface area (Å²) in [5, 5.41) is 0. The third-order valence-electron chi connectivity index (χ3n) is 3.94. The van der Waals surface area contributed by atoms with Gasteiger partial charge in [-0.05, 0) is 18.9 Å². The van der Waals surface area contributed by atoms with Crippen LogP contribution in [0.4, 0.5) is 0 Å². The Hall–Kier alpha value is -0.0431. The lowest BCUT2D eigenvalue weighted by molar-refractivity contribution is 0.729. The number of hydrogen-bond acceptors (Lipinski definition) is 0. The minimum Gasteiger partial charge on any atom is -0.0912 e. The Bertz CT molecular complexity index is 148. The first-order chi connectivity index (χ1) is 7.24. The summed E-state index contributed by atoms with van der Waals surface area (Å²) in [6.07, 6.45) is 10.3. The maximum atomic E-state index is 2.48. The van der Waals surface area contributed by atoms with Crippen LogP contribution in [-0.2, 0) is 0 Å². The fraction of sp³-hybridized carbons (Fsp3) is 0.857. The van der Waals surface area contributed by atoms with E-state index in [0.29, 0.717) is 0 Å². The van der Waals surface area contributed by atoms with Crippen LogP contribution in [0.1, 0.15) is 53.4 Å². The number of allylic oxidation sites excluding steroid dienone is 2. The van der Waals surface area contributed by atoms with E-state index in [2.05, 4.69) is 39.8 Å². The highest BCUT2D eigenvalue weighted by molar-refractivity contribution is 6.80. The Morgan fingerprint density at radius 3 is 1.87 bits per heavy atom. The van der Waals surface area contributed by atoms with Crippen molar-refractivity contribution in [3.63, 3.8) is 0 Å². The summed E-state index contributed by atoms with van der Waals surface area (Å²) in [6, 6.07) is 5.79. The zero-order chi connectivity index (χ0) is 11.6. The molecule has 0 rings (SSSR count). The highest BCUT2D eigenvalue weighted by Crippen LogP contribution is 2.25. The van der Waals surface area contributed by atoms with Crippen LogP contribution in [0.5, 0.6) is 0 Å². The van der Waals surface area contributed by atoms with E-state index in [4.69, 9.17) is 0 Å². The van der Waals surface area contributed by atoms with Gasteiger partial charge in [0.2, 0.25) is 0 Å². The van der Waals surface area contributed by atoms with E-state index in [1.807, 2.05) is 0 Å². The standard InChI is InChI=1S/C14H30Si/c1-5-9-10-11-12-13-14-15(6-2,7-3)8-4/h12-13H,5-11,14H2,1-4H3. The molecule has 0 aromatic heterocycles. The maximum Gasteiger partial charge on any atom is 0.0565 e. The van der Waals surface area contributed by atoms with Crippen LogP contribution < -0.4 is 0 Å². The lowest BCUT2D eigenvalue weighted by Gasteiger charge is -2.26. The molecule has 0 atom stereocenters. The molecule has 0 saturated carbocycles. The number of hydrogen-bond donors (Lipinski definition) is 0. The minimum absolute atomic E-state index is 0.873. The van der Waals surface area contributed by atoms with Gasteiger partial charge < -0.3 is 0 Å². The predicted octanol–water partition coefficient (Wildman–Crippen LogP) is 5.63. The lowest BCUT2D eigenvalue weighted by Crippen LogP contribution is -2.29. The molecule has 0 fully saturated rings. The molecule has 0 amide bonds. The second-order valence-electron chi connectivity index (χ2n) is 4.73. The van der Waals surface area contributed by atoms with E-state index < -0.39 is 8.07 Å². The summed E-state index contributed by atoms with van der Waals surface area (Å²) in [4.78, 5) is 0. The van der Waals surface area contributed by atoms with Gasteiger partial charge in [-0.2, -0.15) is 0 Å². The number of rotatable bonds is 9. The van der Waals surface area contributed by atoms with Gasteiger partial charge in [-0.25, -0.2) is 0 Å². The molecule has 0 heterocycles. The van der Waals surface area contributed by atoms with Crippen LogP contribution in [0, 0.1) is 0 Å². The third-order valence-corrected chi connectivity index (χ3v) is 9.54. The van der Waals surface area contributed by atoms with Gasteiger partial charge in [0.1, 0.15) is 0 Å². The van der Waals surface area contributed by atoms with Crippen LogP contribution in [0.15, 0.2) is 12.2 Å². The van der Waals surface area contributed by atoms with Crippen LogP contribution in [-0.4, -0.2) is 8.07 Å². The highest BCUT2D eigenvalue weighted by Gasteiger charge is 2.24. The smallest absolute Gasteiger partial charge is 0.0565 e. The molecule has 0 aliphatic rings. The molecule has 0 nitrogen and oxygen atoms in total. The number of unbranched alkanes of at least 4 members (excludes halogenated alkanes) is 3. The van der Waals surface area contributed by atoms with Crippen molar-refractivity contribution in [3.05, 3.63) is 12.2 Å². The molecule has 0 spiro atoms. The molecule has 0 aliphatic carbocycles. The maximum absolute atomic E-state index is 2.48. The van der Waals surface area contributed by atoms with Crippen molar-refractivity contribution in [3.8, 4) is 0 Å². The monoisotopic (exact) mass is 226 g/mol. The van der Waals surface area contributed by atoms with Gasteiger partial charge >= 0.3 is 0 Å². The third kappa shape index (κ3) is 6.19. The topological polar surface area (TPSA) is 0 Å². The molecule has 1 heteroatoms. The van der Waals surface area contributed by atoms with Gasteiger partial charge in [-0.15, -0.1) is 0 Å². The van der Waals surface area contributed by atoms with Gasteiger partial charge in [0.05, 0.1) is 8.07 Å². The Kier molecular flexibility index (Phi) is 9.18. The first kappa shape index (κ1) is 15.0. The SMILES string of the molecule is CCCCCC=CC[Si](CC)(CC)CC. The molecule has 0 saturated heterocycles. The largest absolute Gasteiger partial charge is 0.0912 e. The molecule has 90 valence electrons. The molecule has 15 heavy (non-hydrogen) atoms. The summed E-state index contributed by atoms with van der Waals surface area (Å²) in [5.41, 5.74) is 0. The molecule has 0 unspecified atom stereocenters. The Morgan fingerprint density at radius 1 is 0.800 bits per heavy atom. The van der Waals surface area contributed by atoms with Crippen molar-refractivity contribution in [2.45, 2.75) is 77.6 Å². The van der Waals surface area contributed by atoms with E-state index in [1.54, 1.807) is 0 Å². The Balaban J connectivity index is 3.78. The quantitative estimate of drug-likeness (QED) is 0.271. The van der Waals surface area contributed by atoms with Crippen molar-refractivity contribution in [1.29, 1.82) is 0 Å². The molecule has 0 aliphatic heterocycles. The lowest BCUT2D eigenvalue weighted by atomic mass is 10.2. The first-order valence-corrected chi connectivity index (χ1v) is 9.72. The molecular weight excluding hydrogens is 196 g/mol. The zero-order valence-electron chi connectivity index (χ0n) is 11.3. The molecule has 0 N–H and O–H groups in total. The van der Waals surface area contributed by atoms with E-state index in [9.17, 15) is 0 Å². The average Bonchev–Trinajstić information content (AvgIpc) is 2.29. The first-order valence-electron chi connectivity index (χ1n) is 6.89. The van der Waals surface area contributed by atoms with Crippen LogP contribution in [0.2, 0.25) is 24.2 Å². The fourth-order valence-corrected chi connectivity index (χ4v) is 5.18. The van der Waals surface area contributed by atoms with Crippen molar-refractivity contribution < 1.29 is 0 Å². The second kappa shape index (κ2) is 9.20. The summed E-state index contributed by atoms with van der Waals surface area (Å²) < 4.78 is 0. The van der Waals surface area contributed by atoms with Crippen molar-refractivity contribution in [2.75, 3.05) is 0 Å². The van der Waals surface area contributed by atoms with Crippen molar-refractivity contribution in [1.82, 2.24) is 0 Å². The molecule has 0 aromatic rings. The Morgan fingerprint density at radius 2 is 1.40 bits per heavy atom. The fourth-order valence-electron chi connectivity index (χ4n) is 2.15. The summed E-state index contributed by atoms with van der Waals surface area (Å²) in [5.74, 6) is 0. The van der Waals surface area contributed by atoms with Gasteiger partial charge in [0.25, 0.3) is 0 Å². The second-order valence-corrected chi connectivity index (χ2v) is 10.3. The van der Waals surface area contributed by atoms with Gasteiger partial charge in [0, 0.05) is 0 Å². The van der Waals surface area contributed by atoms with E-state index in [1.165, 1.54) is 49.9 Å². The molecule has 0 radical (unpaired) electrons. The minimum atomic E-state index is -0.873. The summed E-state index contributed by atoms with van der Waals surface area (Å²) in [6.45, 7) is 9.45. The van der Waals surface area contributed by atoms with E-state index in [0.717, 1.165) is 0 Å². The van der Waals surface area contributed by atoms with Gasteiger partial charge in [-0.1, -0.05) is 70.8 Å². The van der Waals surface area contributed by atoms with Gasteiger partial charge in [0.15, 0.2) is 0 Å². The van der Waals surface area contributed by atoms with Gasteiger partial charge in [-0.3, -0.25) is 0 Å². The molecular formula is C14H30Si. The predicted molar refractivity (Wildman–Crippen MR) is 75.3 cm³/mol.